The minimum Gasteiger partial charge on any atom is -0.305 e. The number of hydrogen-bond donors (Lipinski definition) is 0. The number of benzene rings is 3. The first-order valence-electron chi connectivity index (χ1n) is 8.40. The predicted molar refractivity (Wildman–Crippen MR) is 105 cm³/mol. The second kappa shape index (κ2) is 6.76. The zero-order chi connectivity index (χ0) is 17.9. The minimum absolute atomic E-state index is 0.0899. The lowest BCUT2D eigenvalue weighted by molar-refractivity contribution is 0.0990. The Morgan fingerprint density at radius 1 is 0.846 bits per heavy atom. The molecule has 4 nitrogen and oxygen atoms in total. The maximum absolute atomic E-state index is 13.1. The molecule has 4 rings (SSSR count). The van der Waals surface area contributed by atoms with Crippen LogP contribution in [0.1, 0.15) is 10.4 Å². The van der Waals surface area contributed by atoms with Crippen LogP contribution in [0.2, 0.25) is 0 Å². The first-order valence-corrected chi connectivity index (χ1v) is 8.40. The second-order valence-corrected chi connectivity index (χ2v) is 5.96. The number of anilines is 1. The molecule has 0 fully saturated rings. The van der Waals surface area contributed by atoms with Gasteiger partial charge in [-0.3, -0.25) is 4.79 Å². The van der Waals surface area contributed by atoms with Gasteiger partial charge in [0.2, 0.25) is 0 Å². The summed E-state index contributed by atoms with van der Waals surface area (Å²) in [6.07, 6.45) is 1.72. The Balaban J connectivity index is 1.77. The number of nitrogens with zero attached hydrogens (tertiary/aromatic N) is 3. The molecule has 126 valence electrons. The van der Waals surface area contributed by atoms with Gasteiger partial charge in [-0.15, -0.1) is 6.58 Å². The smallest absolute Gasteiger partial charge is 0.258 e. The second-order valence-electron chi connectivity index (χ2n) is 5.96. The largest absolute Gasteiger partial charge is 0.305 e. The highest BCUT2D eigenvalue weighted by atomic mass is 16.2. The molecule has 1 amide bonds. The highest BCUT2D eigenvalue weighted by molar-refractivity contribution is 6.08. The zero-order valence-corrected chi connectivity index (χ0v) is 14.2. The van der Waals surface area contributed by atoms with Gasteiger partial charge in [-0.05, 0) is 42.5 Å². The Hall–Kier alpha value is -3.53. The molecule has 0 bridgehead atoms. The van der Waals surface area contributed by atoms with E-state index in [-0.39, 0.29) is 5.91 Å². The average molecular weight is 339 g/mol. The summed E-state index contributed by atoms with van der Waals surface area (Å²) in [5.74, 6) is -0.0899. The highest BCUT2D eigenvalue weighted by Crippen LogP contribution is 2.21. The Bertz CT molecular complexity index is 1110. The maximum atomic E-state index is 13.1. The summed E-state index contributed by atoms with van der Waals surface area (Å²) >= 11 is 0. The summed E-state index contributed by atoms with van der Waals surface area (Å²) in [6, 6.07) is 22.7. The van der Waals surface area contributed by atoms with E-state index in [1.54, 1.807) is 23.1 Å². The Morgan fingerprint density at radius 3 is 2.15 bits per heavy atom. The van der Waals surface area contributed by atoms with Crippen molar-refractivity contribution in [1.29, 1.82) is 0 Å². The number of rotatable bonds is 4. The van der Waals surface area contributed by atoms with Crippen LogP contribution in [0, 0.1) is 0 Å². The van der Waals surface area contributed by atoms with Gasteiger partial charge in [0.1, 0.15) is 0 Å². The minimum atomic E-state index is -0.0899. The molecule has 0 radical (unpaired) electrons. The number of hydrogen-bond acceptors (Lipinski definition) is 3. The van der Waals surface area contributed by atoms with Gasteiger partial charge in [-0.2, -0.15) is 0 Å². The molecule has 0 aliphatic carbocycles. The van der Waals surface area contributed by atoms with Crippen molar-refractivity contribution >= 4 is 33.7 Å². The highest BCUT2D eigenvalue weighted by Gasteiger charge is 2.17. The van der Waals surface area contributed by atoms with E-state index in [0.29, 0.717) is 17.6 Å². The third kappa shape index (κ3) is 2.93. The normalized spacial score (nSPS) is 10.8. The lowest BCUT2D eigenvalue weighted by atomic mass is 10.1. The first kappa shape index (κ1) is 16.0. The monoisotopic (exact) mass is 339 g/mol. The van der Waals surface area contributed by atoms with E-state index in [9.17, 15) is 4.79 Å². The van der Waals surface area contributed by atoms with Gasteiger partial charge in [-0.1, -0.05) is 36.4 Å². The van der Waals surface area contributed by atoms with Crippen molar-refractivity contribution in [3.05, 3.63) is 91.0 Å². The Kier molecular flexibility index (Phi) is 4.15. The first-order chi connectivity index (χ1) is 12.8. The van der Waals surface area contributed by atoms with Crippen LogP contribution in [0.15, 0.2) is 85.5 Å². The lowest BCUT2D eigenvalue weighted by Crippen LogP contribution is -2.31. The fourth-order valence-corrected chi connectivity index (χ4v) is 2.95. The van der Waals surface area contributed by atoms with Gasteiger partial charge in [0.25, 0.3) is 5.91 Å². The quantitative estimate of drug-likeness (QED) is 0.403. The summed E-state index contributed by atoms with van der Waals surface area (Å²) < 4.78 is 0. The van der Waals surface area contributed by atoms with Crippen LogP contribution in [0.5, 0.6) is 0 Å². The average Bonchev–Trinajstić information content (AvgIpc) is 2.70. The van der Waals surface area contributed by atoms with E-state index in [1.165, 1.54) is 0 Å². The number of fused-ring (bicyclic) bond motifs is 2. The zero-order valence-electron chi connectivity index (χ0n) is 14.2. The Labute approximate surface area is 151 Å². The number of carbonyl (C=O) groups is 1. The van der Waals surface area contributed by atoms with Crippen LogP contribution >= 0.6 is 0 Å². The molecule has 0 aliphatic rings. The number of aromatic nitrogens is 2. The van der Waals surface area contributed by atoms with Crippen molar-refractivity contribution in [2.75, 3.05) is 11.4 Å². The van der Waals surface area contributed by atoms with Gasteiger partial charge >= 0.3 is 0 Å². The molecule has 4 heteroatoms. The SMILES string of the molecule is C=CCN(C(=O)c1ccc2nc3ccccc3nc2c1)c1ccccc1. The van der Waals surface area contributed by atoms with Gasteiger partial charge in [-0.25, -0.2) is 9.97 Å². The van der Waals surface area contributed by atoms with Crippen molar-refractivity contribution < 1.29 is 4.79 Å². The van der Waals surface area contributed by atoms with Crippen LogP contribution in [0.25, 0.3) is 22.1 Å². The molecule has 4 aromatic rings. The molecule has 0 saturated heterocycles. The number of amides is 1. The number of carbonyl (C=O) groups excluding carboxylic acids is 1. The molecule has 26 heavy (non-hydrogen) atoms. The van der Waals surface area contributed by atoms with Gasteiger partial charge in [0.15, 0.2) is 0 Å². The summed E-state index contributed by atoms with van der Waals surface area (Å²) in [5.41, 5.74) is 4.55. The molecule has 1 heterocycles. The number of para-hydroxylation sites is 3. The standard InChI is InChI=1S/C22H17N3O/c1-2-14-25(17-8-4-3-5-9-17)22(26)16-12-13-20-21(15-16)24-19-11-7-6-10-18(19)23-20/h2-13,15H,1,14H2. The molecule has 0 spiro atoms. The van der Waals surface area contributed by atoms with E-state index in [0.717, 1.165) is 22.2 Å². The molecular weight excluding hydrogens is 322 g/mol. The van der Waals surface area contributed by atoms with E-state index in [1.807, 2.05) is 60.7 Å². The molecular formula is C22H17N3O. The summed E-state index contributed by atoms with van der Waals surface area (Å²) in [6.45, 7) is 4.20. The van der Waals surface area contributed by atoms with Crippen molar-refractivity contribution in [2.45, 2.75) is 0 Å². The van der Waals surface area contributed by atoms with E-state index >= 15 is 0 Å². The van der Waals surface area contributed by atoms with Crippen LogP contribution in [0.4, 0.5) is 5.69 Å². The molecule has 0 atom stereocenters. The van der Waals surface area contributed by atoms with E-state index in [4.69, 9.17) is 0 Å². The maximum Gasteiger partial charge on any atom is 0.258 e. The molecule has 0 aliphatic heterocycles. The molecule has 0 saturated carbocycles. The molecule has 3 aromatic carbocycles. The molecule has 1 aromatic heterocycles. The van der Waals surface area contributed by atoms with E-state index < -0.39 is 0 Å². The summed E-state index contributed by atoms with van der Waals surface area (Å²) in [4.78, 5) is 24.0. The third-order valence-electron chi connectivity index (χ3n) is 4.21. The van der Waals surface area contributed by atoms with Gasteiger partial charge < -0.3 is 4.90 Å². The van der Waals surface area contributed by atoms with Crippen molar-refractivity contribution in [2.24, 2.45) is 0 Å². The topological polar surface area (TPSA) is 46.1 Å². The van der Waals surface area contributed by atoms with E-state index in [2.05, 4.69) is 16.5 Å². The predicted octanol–water partition coefficient (Wildman–Crippen LogP) is 4.62. The fraction of sp³-hybridized carbons (Fsp3) is 0.0455. The fourth-order valence-electron chi connectivity index (χ4n) is 2.95. The van der Waals surface area contributed by atoms with Crippen molar-refractivity contribution in [3.63, 3.8) is 0 Å². The van der Waals surface area contributed by atoms with Gasteiger partial charge in [0, 0.05) is 17.8 Å². The van der Waals surface area contributed by atoms with Crippen LogP contribution in [-0.4, -0.2) is 22.4 Å². The van der Waals surface area contributed by atoms with Crippen LogP contribution in [0.3, 0.4) is 0 Å². The summed E-state index contributed by atoms with van der Waals surface area (Å²) in [5, 5.41) is 0. The van der Waals surface area contributed by atoms with Crippen molar-refractivity contribution in [1.82, 2.24) is 9.97 Å². The summed E-state index contributed by atoms with van der Waals surface area (Å²) in [7, 11) is 0. The molecule has 0 unspecified atom stereocenters. The van der Waals surface area contributed by atoms with Crippen LogP contribution < -0.4 is 4.90 Å². The molecule has 0 N–H and O–H groups in total. The van der Waals surface area contributed by atoms with Crippen molar-refractivity contribution in [3.8, 4) is 0 Å². The Morgan fingerprint density at radius 2 is 1.46 bits per heavy atom. The lowest BCUT2D eigenvalue weighted by Gasteiger charge is -2.21. The third-order valence-corrected chi connectivity index (χ3v) is 4.21. The van der Waals surface area contributed by atoms with Gasteiger partial charge in [0.05, 0.1) is 22.1 Å². The van der Waals surface area contributed by atoms with Crippen LogP contribution in [-0.2, 0) is 0 Å².